The van der Waals surface area contributed by atoms with Crippen molar-refractivity contribution in [1.29, 1.82) is 5.26 Å². The average Bonchev–Trinajstić information content (AvgIpc) is 3.61. The highest BCUT2D eigenvalue weighted by molar-refractivity contribution is 8.24. The highest BCUT2D eigenvalue weighted by atomic mass is 32.2. The quantitative estimate of drug-likeness (QED) is 0.0235. The lowest BCUT2D eigenvalue weighted by molar-refractivity contribution is -0.138. The first-order valence-corrected chi connectivity index (χ1v) is 17.4. The number of hydrogen-bond donors (Lipinski definition) is 0. The average molecular weight is 741 g/mol. The van der Waals surface area contributed by atoms with Gasteiger partial charge < -0.3 is 28.4 Å². The number of hydrogen-bond acceptors (Lipinski definition) is 13. The van der Waals surface area contributed by atoms with Gasteiger partial charge in [0.25, 0.3) is 5.70 Å². The summed E-state index contributed by atoms with van der Waals surface area (Å²) in [6.07, 6.45) is 4.94. The first-order chi connectivity index (χ1) is 25.3. The van der Waals surface area contributed by atoms with Crippen LogP contribution >= 0.6 is 23.5 Å². The van der Waals surface area contributed by atoms with Gasteiger partial charge in [-0.25, -0.2) is 24.5 Å². The minimum Gasteiger partial charge on any atom is -0.494 e. The number of unbranched alkanes of at least 4 members (excludes halogenated alkanes) is 2. The van der Waals surface area contributed by atoms with Crippen molar-refractivity contribution in [2.75, 3.05) is 19.8 Å². The van der Waals surface area contributed by atoms with Crippen molar-refractivity contribution < 1.29 is 47.6 Å². The van der Waals surface area contributed by atoms with Crippen LogP contribution < -0.4 is 18.9 Å². The Morgan fingerprint density at radius 1 is 0.750 bits per heavy atom. The second kappa shape index (κ2) is 20.0. The normalized spacial score (nSPS) is 12.2. The van der Waals surface area contributed by atoms with Gasteiger partial charge in [-0.2, -0.15) is 0 Å². The summed E-state index contributed by atoms with van der Waals surface area (Å²) < 4.78 is 32.8. The number of benzene rings is 3. The van der Waals surface area contributed by atoms with E-state index in [-0.39, 0.29) is 47.3 Å². The van der Waals surface area contributed by atoms with Gasteiger partial charge in [0.15, 0.2) is 0 Å². The van der Waals surface area contributed by atoms with E-state index in [2.05, 4.69) is 22.7 Å². The lowest BCUT2D eigenvalue weighted by Crippen LogP contribution is -2.11. The Kier molecular flexibility index (Phi) is 15.0. The number of esters is 4. The molecule has 0 aliphatic carbocycles. The number of carbonyl (C=O) groups excluding carboxylic acids is 4. The lowest BCUT2D eigenvalue weighted by atomic mass is 10.2. The molecular formula is C38H32N2O10S2. The van der Waals surface area contributed by atoms with E-state index in [4.69, 9.17) is 30.3 Å². The van der Waals surface area contributed by atoms with Crippen LogP contribution in [0.5, 0.6) is 23.0 Å². The summed E-state index contributed by atoms with van der Waals surface area (Å²) in [7, 11) is 0. The van der Waals surface area contributed by atoms with Crippen LogP contribution in [0.15, 0.2) is 106 Å². The Labute approximate surface area is 308 Å². The number of fused-ring (bicyclic) bond motifs is 1. The molecule has 0 fully saturated rings. The SMILES string of the molecule is [C-]#[N+]/C(C#N)=C1/Sc2c(OC(=O)c3ccc(OCCCCOC(=O)C=C)cc3)ccc(OC(=O)c3ccc(OCCCCC(=O)OC=C)cc3)c2S1. The van der Waals surface area contributed by atoms with Crippen LogP contribution in [0.25, 0.3) is 4.85 Å². The summed E-state index contributed by atoms with van der Waals surface area (Å²) in [5.41, 5.74) is 0.343. The summed E-state index contributed by atoms with van der Waals surface area (Å²) in [5, 5.41) is 9.50. The van der Waals surface area contributed by atoms with E-state index in [1.165, 1.54) is 12.1 Å². The maximum Gasteiger partial charge on any atom is 0.343 e. The van der Waals surface area contributed by atoms with E-state index in [1.807, 2.05) is 6.07 Å². The third-order valence-corrected chi connectivity index (χ3v) is 9.51. The Balaban J connectivity index is 1.38. The first-order valence-electron chi connectivity index (χ1n) is 15.8. The minimum absolute atomic E-state index is 0.151. The molecule has 12 nitrogen and oxygen atoms in total. The number of ether oxygens (including phenoxy) is 6. The van der Waals surface area contributed by atoms with Crippen molar-refractivity contribution in [3.05, 3.63) is 119 Å². The molecule has 1 heterocycles. The molecule has 0 unspecified atom stereocenters. The van der Waals surface area contributed by atoms with Crippen molar-refractivity contribution >= 4 is 47.4 Å². The number of thioether (sulfide) groups is 2. The molecule has 0 amide bonds. The monoisotopic (exact) mass is 740 g/mol. The minimum atomic E-state index is -0.661. The van der Waals surface area contributed by atoms with Crippen LogP contribution in [0.3, 0.4) is 0 Å². The molecule has 1 aliphatic heterocycles. The van der Waals surface area contributed by atoms with Crippen LogP contribution in [0.4, 0.5) is 0 Å². The van der Waals surface area contributed by atoms with Gasteiger partial charge in [0.05, 0.1) is 63.9 Å². The second-order valence-electron chi connectivity index (χ2n) is 10.5. The maximum atomic E-state index is 13.1. The summed E-state index contributed by atoms with van der Waals surface area (Å²) in [6.45, 7) is 15.1. The van der Waals surface area contributed by atoms with Crippen molar-refractivity contribution in [1.82, 2.24) is 0 Å². The number of rotatable bonds is 18. The van der Waals surface area contributed by atoms with Gasteiger partial charge in [-0.05, 0) is 86.3 Å². The number of carbonyl (C=O) groups is 4. The summed E-state index contributed by atoms with van der Waals surface area (Å²) in [4.78, 5) is 52.9. The molecule has 0 N–H and O–H groups in total. The Morgan fingerprint density at radius 3 is 1.71 bits per heavy atom. The first kappa shape index (κ1) is 38.8. The topological polar surface area (TPSA) is 152 Å². The molecule has 52 heavy (non-hydrogen) atoms. The highest BCUT2D eigenvalue weighted by Gasteiger charge is 2.30. The van der Waals surface area contributed by atoms with E-state index in [9.17, 15) is 24.4 Å². The predicted molar refractivity (Wildman–Crippen MR) is 192 cm³/mol. The van der Waals surface area contributed by atoms with Gasteiger partial charge in [-0.1, -0.05) is 36.7 Å². The van der Waals surface area contributed by atoms with Crippen molar-refractivity contribution in [3.63, 3.8) is 0 Å². The molecule has 0 spiro atoms. The summed E-state index contributed by atoms with van der Waals surface area (Å²) in [6, 6.07) is 17.6. The van der Waals surface area contributed by atoms with Crippen LogP contribution in [0.1, 0.15) is 52.8 Å². The van der Waals surface area contributed by atoms with E-state index >= 15 is 0 Å². The molecule has 0 aromatic heterocycles. The van der Waals surface area contributed by atoms with Crippen LogP contribution in [-0.2, 0) is 19.1 Å². The molecule has 0 bridgehead atoms. The lowest BCUT2D eigenvalue weighted by Gasteiger charge is -2.13. The fourth-order valence-electron chi connectivity index (χ4n) is 4.33. The van der Waals surface area contributed by atoms with Crippen LogP contribution in [0.2, 0.25) is 0 Å². The Hall–Kier alpha value is -5.96. The van der Waals surface area contributed by atoms with Crippen LogP contribution in [0, 0.1) is 17.9 Å². The smallest absolute Gasteiger partial charge is 0.343 e. The van der Waals surface area contributed by atoms with Gasteiger partial charge in [0.1, 0.15) is 23.0 Å². The van der Waals surface area contributed by atoms with E-state index in [0.717, 1.165) is 35.9 Å². The number of nitriles is 1. The van der Waals surface area contributed by atoms with E-state index in [1.54, 1.807) is 48.5 Å². The molecule has 3 aromatic carbocycles. The molecule has 0 saturated heterocycles. The third kappa shape index (κ3) is 11.3. The Morgan fingerprint density at radius 2 is 1.25 bits per heavy atom. The van der Waals surface area contributed by atoms with Crippen molar-refractivity contribution in [2.24, 2.45) is 0 Å². The van der Waals surface area contributed by atoms with Gasteiger partial charge >= 0.3 is 23.9 Å². The third-order valence-electron chi connectivity index (χ3n) is 6.90. The summed E-state index contributed by atoms with van der Waals surface area (Å²) in [5.74, 6) is -0.761. The molecule has 14 heteroatoms. The zero-order valence-electron chi connectivity index (χ0n) is 27.8. The highest BCUT2D eigenvalue weighted by Crippen LogP contribution is 2.59. The number of allylic oxidation sites excluding steroid dienone is 1. The molecule has 0 atom stereocenters. The van der Waals surface area contributed by atoms with Gasteiger partial charge in [-0.3, -0.25) is 4.79 Å². The maximum absolute atomic E-state index is 13.1. The molecule has 0 saturated carbocycles. The Bertz CT molecular complexity index is 1910. The van der Waals surface area contributed by atoms with Crippen molar-refractivity contribution in [3.8, 4) is 29.1 Å². The van der Waals surface area contributed by atoms with Gasteiger partial charge in [-0.15, -0.1) is 0 Å². The van der Waals surface area contributed by atoms with Crippen LogP contribution in [-0.4, -0.2) is 43.7 Å². The molecular weight excluding hydrogens is 709 g/mol. The molecule has 3 aromatic rings. The standard InChI is InChI=1S/C38H32N2O10S2/c1-4-32(41)48-23-9-8-22-47-28-17-13-26(14-18-28)37(44)50-31-20-19-30(34-35(31)52-38(51-34)29(24-39)40-3)49-36(43)25-11-15-27(16-12-25)46-21-7-6-10-33(42)45-5-2/h4-5,11-20H,1-2,6-10,21-23H2/b38-29+. The number of nitrogens with zero attached hydrogens (tertiary/aromatic N) is 2. The fraction of sp³-hybridized carbons (Fsp3) is 0.211. The zero-order valence-corrected chi connectivity index (χ0v) is 29.4. The molecule has 1 aliphatic rings. The van der Waals surface area contributed by atoms with Gasteiger partial charge in [0.2, 0.25) is 0 Å². The molecule has 4 rings (SSSR count). The fourth-order valence-corrected chi connectivity index (χ4v) is 6.80. The van der Waals surface area contributed by atoms with E-state index in [0.29, 0.717) is 64.4 Å². The largest absolute Gasteiger partial charge is 0.494 e. The van der Waals surface area contributed by atoms with E-state index < -0.39 is 17.9 Å². The predicted octanol–water partition coefficient (Wildman–Crippen LogP) is 8.06. The summed E-state index contributed by atoms with van der Waals surface area (Å²) >= 11 is 2.14. The van der Waals surface area contributed by atoms with Crippen molar-refractivity contribution in [2.45, 2.75) is 41.9 Å². The molecule has 266 valence electrons. The zero-order chi connectivity index (χ0) is 37.3. The molecule has 0 radical (unpaired) electrons. The van der Waals surface area contributed by atoms with Gasteiger partial charge in [0, 0.05) is 12.5 Å². The second-order valence-corrected chi connectivity index (χ2v) is 12.8.